The largest absolute Gasteiger partial charge is 0.348 e. The Morgan fingerprint density at radius 1 is 1.35 bits per heavy atom. The van der Waals surface area contributed by atoms with E-state index in [9.17, 15) is 9.18 Å². The van der Waals surface area contributed by atoms with Crippen LogP contribution in [0, 0.1) is 26.6 Å². The van der Waals surface area contributed by atoms with Gasteiger partial charge in [-0.1, -0.05) is 12.1 Å². The van der Waals surface area contributed by atoms with Gasteiger partial charge in [0, 0.05) is 19.3 Å². The number of halogens is 1. The Balaban J connectivity index is 2.10. The summed E-state index contributed by atoms with van der Waals surface area (Å²) >= 11 is 0. The molecule has 0 radical (unpaired) electrons. The number of rotatable bonds is 3. The fourth-order valence-electron chi connectivity index (χ4n) is 2.12. The predicted molar refractivity (Wildman–Crippen MR) is 75.0 cm³/mol. The van der Waals surface area contributed by atoms with Crippen LogP contribution in [0.1, 0.15) is 32.9 Å². The minimum absolute atomic E-state index is 0.186. The molecule has 5 heteroatoms. The van der Waals surface area contributed by atoms with Crippen LogP contribution in [0.4, 0.5) is 4.39 Å². The van der Waals surface area contributed by atoms with Crippen LogP contribution < -0.4 is 5.32 Å². The maximum absolute atomic E-state index is 13.4. The molecular formula is C15H18FN3O. The summed E-state index contributed by atoms with van der Waals surface area (Å²) in [4.78, 5) is 12.2. The molecule has 1 N–H and O–H groups in total. The van der Waals surface area contributed by atoms with Crippen molar-refractivity contribution in [2.45, 2.75) is 27.3 Å². The number of hydrogen-bond acceptors (Lipinski definition) is 2. The van der Waals surface area contributed by atoms with Gasteiger partial charge in [0.2, 0.25) is 0 Å². The van der Waals surface area contributed by atoms with E-state index in [1.165, 1.54) is 6.07 Å². The molecule has 1 aromatic carbocycles. The van der Waals surface area contributed by atoms with Crippen LogP contribution in [-0.2, 0) is 13.6 Å². The smallest absolute Gasteiger partial charge is 0.255 e. The third kappa shape index (κ3) is 2.71. The predicted octanol–water partition coefficient (Wildman–Crippen LogP) is 2.41. The van der Waals surface area contributed by atoms with Gasteiger partial charge in [0.15, 0.2) is 0 Å². The lowest BCUT2D eigenvalue weighted by Gasteiger charge is -2.07. The Kier molecular flexibility index (Phi) is 3.88. The van der Waals surface area contributed by atoms with Gasteiger partial charge in [-0.15, -0.1) is 0 Å². The molecule has 0 aliphatic heterocycles. The minimum atomic E-state index is -0.259. The van der Waals surface area contributed by atoms with E-state index >= 15 is 0 Å². The summed E-state index contributed by atoms with van der Waals surface area (Å²) in [5, 5.41) is 7.01. The van der Waals surface area contributed by atoms with E-state index in [1.807, 2.05) is 13.0 Å². The van der Waals surface area contributed by atoms with Crippen LogP contribution in [0.15, 0.2) is 18.2 Å². The number of aromatic nitrogens is 2. The van der Waals surface area contributed by atoms with Crippen LogP contribution in [0.2, 0.25) is 0 Å². The SMILES string of the molecule is Cc1ccc(CNC(=O)c2c(C)nn(C)c2C)cc1F. The summed E-state index contributed by atoms with van der Waals surface area (Å²) < 4.78 is 15.1. The Hall–Kier alpha value is -2.17. The normalized spacial score (nSPS) is 10.7. The van der Waals surface area contributed by atoms with Gasteiger partial charge in [-0.05, 0) is 38.0 Å². The molecule has 0 aliphatic carbocycles. The highest BCUT2D eigenvalue weighted by Gasteiger charge is 2.16. The highest BCUT2D eigenvalue weighted by molar-refractivity contribution is 5.96. The highest BCUT2D eigenvalue weighted by atomic mass is 19.1. The molecule has 0 atom stereocenters. The molecule has 0 saturated heterocycles. The Labute approximate surface area is 117 Å². The van der Waals surface area contributed by atoms with E-state index in [2.05, 4.69) is 10.4 Å². The lowest BCUT2D eigenvalue weighted by Crippen LogP contribution is -2.24. The zero-order valence-corrected chi connectivity index (χ0v) is 12.1. The van der Waals surface area contributed by atoms with Crippen molar-refractivity contribution in [3.8, 4) is 0 Å². The molecule has 4 nitrogen and oxygen atoms in total. The molecule has 0 saturated carbocycles. The lowest BCUT2D eigenvalue weighted by molar-refractivity contribution is 0.0949. The lowest BCUT2D eigenvalue weighted by atomic mass is 10.1. The van der Waals surface area contributed by atoms with Gasteiger partial charge in [0.05, 0.1) is 11.3 Å². The number of aryl methyl sites for hydroxylation is 3. The number of nitrogens with zero attached hydrogens (tertiary/aromatic N) is 2. The number of hydrogen-bond donors (Lipinski definition) is 1. The Bertz CT molecular complexity index is 661. The Morgan fingerprint density at radius 2 is 2.05 bits per heavy atom. The second-order valence-electron chi connectivity index (χ2n) is 4.94. The van der Waals surface area contributed by atoms with Gasteiger partial charge >= 0.3 is 0 Å². The molecule has 0 spiro atoms. The van der Waals surface area contributed by atoms with E-state index in [4.69, 9.17) is 0 Å². The van der Waals surface area contributed by atoms with Crippen molar-refractivity contribution < 1.29 is 9.18 Å². The average molecular weight is 275 g/mol. The van der Waals surface area contributed by atoms with E-state index in [1.54, 1.807) is 31.6 Å². The van der Waals surface area contributed by atoms with Crippen LogP contribution in [0.25, 0.3) is 0 Å². The molecule has 0 bridgehead atoms. The minimum Gasteiger partial charge on any atom is -0.348 e. The summed E-state index contributed by atoms with van der Waals surface area (Å²) in [5.41, 5.74) is 3.42. The first-order valence-corrected chi connectivity index (χ1v) is 6.43. The maximum Gasteiger partial charge on any atom is 0.255 e. The zero-order chi connectivity index (χ0) is 14.9. The molecule has 1 amide bonds. The quantitative estimate of drug-likeness (QED) is 0.935. The molecule has 2 aromatic rings. The molecule has 0 fully saturated rings. The van der Waals surface area contributed by atoms with E-state index in [0.29, 0.717) is 23.4 Å². The number of amides is 1. The van der Waals surface area contributed by atoms with Crippen LogP contribution >= 0.6 is 0 Å². The number of benzene rings is 1. The van der Waals surface area contributed by atoms with Gasteiger partial charge in [0.25, 0.3) is 5.91 Å². The van der Waals surface area contributed by atoms with E-state index in [0.717, 1.165) is 11.3 Å². The van der Waals surface area contributed by atoms with Crippen LogP contribution in [0.3, 0.4) is 0 Å². The van der Waals surface area contributed by atoms with Gasteiger partial charge in [0.1, 0.15) is 5.82 Å². The first-order chi connectivity index (χ1) is 9.40. The average Bonchev–Trinajstić information content (AvgIpc) is 2.64. The molecule has 0 unspecified atom stereocenters. The molecule has 106 valence electrons. The van der Waals surface area contributed by atoms with Crippen molar-refractivity contribution in [3.05, 3.63) is 52.1 Å². The number of carbonyl (C=O) groups is 1. The van der Waals surface area contributed by atoms with Gasteiger partial charge < -0.3 is 5.32 Å². The van der Waals surface area contributed by atoms with Crippen molar-refractivity contribution in [1.29, 1.82) is 0 Å². The third-order valence-electron chi connectivity index (χ3n) is 3.43. The molecule has 20 heavy (non-hydrogen) atoms. The number of carbonyl (C=O) groups excluding carboxylic acids is 1. The standard InChI is InChI=1S/C15H18FN3O/c1-9-5-6-12(7-13(9)16)8-17-15(20)14-10(2)18-19(4)11(14)3/h5-7H,8H2,1-4H3,(H,17,20). The topological polar surface area (TPSA) is 46.9 Å². The summed E-state index contributed by atoms with van der Waals surface area (Å²) in [7, 11) is 1.80. The fourth-order valence-corrected chi connectivity index (χ4v) is 2.12. The second-order valence-corrected chi connectivity index (χ2v) is 4.94. The van der Waals surface area contributed by atoms with Crippen molar-refractivity contribution in [3.63, 3.8) is 0 Å². The monoisotopic (exact) mass is 275 g/mol. The molecule has 0 aliphatic rings. The first-order valence-electron chi connectivity index (χ1n) is 6.43. The summed E-state index contributed by atoms with van der Waals surface area (Å²) in [5.74, 6) is -0.445. The molecular weight excluding hydrogens is 257 g/mol. The van der Waals surface area contributed by atoms with Gasteiger partial charge in [-0.2, -0.15) is 5.10 Å². The van der Waals surface area contributed by atoms with E-state index in [-0.39, 0.29) is 11.7 Å². The Morgan fingerprint density at radius 3 is 2.60 bits per heavy atom. The third-order valence-corrected chi connectivity index (χ3v) is 3.43. The highest BCUT2D eigenvalue weighted by Crippen LogP contribution is 2.13. The van der Waals surface area contributed by atoms with Crippen molar-refractivity contribution in [2.24, 2.45) is 7.05 Å². The summed E-state index contributed by atoms with van der Waals surface area (Å²) in [6.45, 7) is 5.65. The summed E-state index contributed by atoms with van der Waals surface area (Å²) in [6.07, 6.45) is 0. The second kappa shape index (κ2) is 5.45. The summed E-state index contributed by atoms with van der Waals surface area (Å²) in [6, 6.07) is 4.96. The van der Waals surface area contributed by atoms with Crippen molar-refractivity contribution >= 4 is 5.91 Å². The van der Waals surface area contributed by atoms with Gasteiger partial charge in [-0.25, -0.2) is 4.39 Å². The first kappa shape index (κ1) is 14.2. The molecule has 2 rings (SSSR count). The maximum atomic E-state index is 13.4. The van der Waals surface area contributed by atoms with Crippen LogP contribution in [-0.4, -0.2) is 15.7 Å². The number of nitrogens with one attached hydrogen (secondary N) is 1. The zero-order valence-electron chi connectivity index (χ0n) is 12.1. The van der Waals surface area contributed by atoms with Gasteiger partial charge in [-0.3, -0.25) is 9.48 Å². The van der Waals surface area contributed by atoms with Crippen molar-refractivity contribution in [2.75, 3.05) is 0 Å². The van der Waals surface area contributed by atoms with E-state index < -0.39 is 0 Å². The van der Waals surface area contributed by atoms with Crippen LogP contribution in [0.5, 0.6) is 0 Å². The molecule has 1 heterocycles. The fraction of sp³-hybridized carbons (Fsp3) is 0.333. The molecule has 1 aromatic heterocycles. The van der Waals surface area contributed by atoms with Crippen molar-refractivity contribution in [1.82, 2.24) is 15.1 Å².